The smallest absolute Gasteiger partial charge is 0.308 e. The Morgan fingerprint density at radius 2 is 1.91 bits per heavy atom. The molecular formula is C17H17BrF3NO. The molecule has 0 spiro atoms. The molecule has 1 saturated heterocycles. The van der Waals surface area contributed by atoms with E-state index in [0.29, 0.717) is 12.1 Å². The van der Waals surface area contributed by atoms with Gasteiger partial charge >= 0.3 is 12.1 Å². The lowest BCUT2D eigenvalue weighted by atomic mass is 9.54. The lowest BCUT2D eigenvalue weighted by Gasteiger charge is -2.56. The topological polar surface area (TPSA) is 20.3 Å². The molecule has 1 aliphatic heterocycles. The summed E-state index contributed by atoms with van der Waals surface area (Å²) in [5.74, 6) is -1.78. The summed E-state index contributed by atoms with van der Waals surface area (Å²) in [6.45, 7) is 5.98. The number of fused-ring (bicyclic) bond motifs is 4. The molecule has 0 aromatic heterocycles. The number of nitrogens with zero attached hydrogens (tertiary/aromatic N) is 1. The van der Waals surface area contributed by atoms with Gasteiger partial charge < -0.3 is 4.90 Å². The van der Waals surface area contributed by atoms with E-state index in [9.17, 15) is 18.0 Å². The van der Waals surface area contributed by atoms with Gasteiger partial charge in [-0.25, -0.2) is 0 Å². The van der Waals surface area contributed by atoms with E-state index < -0.39 is 17.5 Å². The largest absolute Gasteiger partial charge is 0.471 e. The Morgan fingerprint density at radius 1 is 1.26 bits per heavy atom. The molecule has 1 atom stereocenters. The van der Waals surface area contributed by atoms with Gasteiger partial charge in [0.15, 0.2) is 0 Å². The van der Waals surface area contributed by atoms with Crippen molar-refractivity contribution in [2.45, 2.75) is 38.8 Å². The first-order chi connectivity index (χ1) is 10.5. The van der Waals surface area contributed by atoms with Crippen LogP contribution in [0.5, 0.6) is 0 Å². The second-order valence-corrected chi connectivity index (χ2v) is 7.84. The van der Waals surface area contributed by atoms with Gasteiger partial charge in [-0.1, -0.05) is 42.8 Å². The summed E-state index contributed by atoms with van der Waals surface area (Å²) in [5, 5.41) is 0. The second kappa shape index (κ2) is 4.85. The number of alkyl halides is 3. The zero-order valence-electron chi connectivity index (χ0n) is 13.1. The van der Waals surface area contributed by atoms with Gasteiger partial charge in [-0.3, -0.25) is 4.79 Å². The van der Waals surface area contributed by atoms with Gasteiger partial charge in [-0.2, -0.15) is 13.2 Å². The molecule has 23 heavy (non-hydrogen) atoms. The molecule has 1 fully saturated rings. The Bertz CT molecular complexity index is 723. The summed E-state index contributed by atoms with van der Waals surface area (Å²) < 4.78 is 39.7. The van der Waals surface area contributed by atoms with Crippen molar-refractivity contribution in [3.05, 3.63) is 39.5 Å². The van der Waals surface area contributed by atoms with Crippen LogP contribution in [0.3, 0.4) is 0 Å². The van der Waals surface area contributed by atoms with Crippen LogP contribution in [-0.4, -0.2) is 23.5 Å². The number of likely N-dealkylation sites (tertiary alicyclic amines) is 1. The van der Waals surface area contributed by atoms with Gasteiger partial charge in [0.05, 0.1) is 0 Å². The van der Waals surface area contributed by atoms with E-state index in [4.69, 9.17) is 0 Å². The highest BCUT2D eigenvalue weighted by Gasteiger charge is 2.56. The minimum absolute atomic E-state index is 0.0794. The molecule has 0 N–H and O–H groups in total. The maximum atomic E-state index is 12.9. The molecular weight excluding hydrogens is 371 g/mol. The molecule has 2 nitrogen and oxygen atoms in total. The van der Waals surface area contributed by atoms with Crippen LogP contribution in [0.25, 0.3) is 6.08 Å². The van der Waals surface area contributed by atoms with Crippen molar-refractivity contribution in [2.75, 3.05) is 6.54 Å². The van der Waals surface area contributed by atoms with Crippen LogP contribution in [-0.2, 0) is 10.2 Å². The maximum Gasteiger partial charge on any atom is 0.471 e. The van der Waals surface area contributed by atoms with E-state index in [2.05, 4.69) is 22.9 Å². The molecule has 1 aliphatic carbocycles. The van der Waals surface area contributed by atoms with E-state index in [-0.39, 0.29) is 12.0 Å². The average Bonchev–Trinajstić information content (AvgIpc) is 2.42. The molecule has 0 radical (unpaired) electrons. The third-order valence-electron chi connectivity index (χ3n) is 5.54. The van der Waals surface area contributed by atoms with Crippen molar-refractivity contribution < 1.29 is 18.0 Å². The van der Waals surface area contributed by atoms with Gasteiger partial charge in [0.1, 0.15) is 0 Å². The summed E-state index contributed by atoms with van der Waals surface area (Å²) in [6, 6.07) is 5.78. The van der Waals surface area contributed by atoms with Crippen LogP contribution >= 0.6 is 15.9 Å². The molecule has 0 saturated carbocycles. The number of allylic oxidation sites excluding steroid dienone is 1. The monoisotopic (exact) mass is 387 g/mol. The highest BCUT2D eigenvalue weighted by molar-refractivity contribution is 9.10. The molecule has 124 valence electrons. The van der Waals surface area contributed by atoms with E-state index in [1.807, 2.05) is 32.0 Å². The maximum absolute atomic E-state index is 12.9. The normalized spacial score (nSPS) is 25.7. The number of piperidine rings is 1. The zero-order chi connectivity index (χ0) is 17.2. The Balaban J connectivity index is 2.20. The lowest BCUT2D eigenvalue weighted by molar-refractivity contribution is -0.186. The number of hydrogen-bond acceptors (Lipinski definition) is 1. The summed E-state index contributed by atoms with van der Waals surface area (Å²) in [6.07, 6.45) is -2.64. The summed E-state index contributed by atoms with van der Waals surface area (Å²) in [7, 11) is 0. The fraction of sp³-hybridized carbons (Fsp3) is 0.471. The third-order valence-corrected chi connectivity index (χ3v) is 6.03. The fourth-order valence-corrected chi connectivity index (χ4v) is 4.12. The molecule has 1 amide bonds. The molecule has 3 rings (SSSR count). The number of hydrogen-bond donors (Lipinski definition) is 0. The number of rotatable bonds is 0. The first-order valence-corrected chi connectivity index (χ1v) is 8.19. The first-order valence-electron chi connectivity index (χ1n) is 7.39. The van der Waals surface area contributed by atoms with Crippen LogP contribution < -0.4 is 0 Å². The van der Waals surface area contributed by atoms with Gasteiger partial charge in [0.25, 0.3) is 0 Å². The average molecular weight is 388 g/mol. The minimum Gasteiger partial charge on any atom is -0.308 e. The molecule has 2 bridgehead atoms. The third kappa shape index (κ3) is 2.25. The van der Waals surface area contributed by atoms with Crippen molar-refractivity contribution in [3.63, 3.8) is 0 Å². The molecule has 1 aromatic carbocycles. The Morgan fingerprint density at radius 3 is 2.52 bits per heavy atom. The number of carbonyl (C=O) groups excluding carboxylic acids is 1. The molecule has 0 unspecified atom stereocenters. The standard InChI is InChI=1S/C17H17BrF3NO/c1-15(2)13-8-10-4-5-11(18)9-12(10)16(15,3)6-7-22(13)14(23)17(19,20)21/h4-5,8-9H,6-7H2,1-3H3/t16-/m0/s1. The van der Waals surface area contributed by atoms with Crippen molar-refractivity contribution in [3.8, 4) is 0 Å². The first kappa shape index (κ1) is 16.6. The minimum atomic E-state index is -4.86. The number of carbonyl (C=O) groups is 1. The van der Waals surface area contributed by atoms with Crippen LogP contribution in [0.1, 0.15) is 38.3 Å². The van der Waals surface area contributed by atoms with Gasteiger partial charge in [0, 0.05) is 27.5 Å². The summed E-state index contributed by atoms with van der Waals surface area (Å²) >= 11 is 3.47. The quantitative estimate of drug-likeness (QED) is 0.620. The number of halogens is 4. The van der Waals surface area contributed by atoms with Crippen molar-refractivity contribution in [2.24, 2.45) is 5.41 Å². The Labute approximate surface area is 141 Å². The molecule has 2 aliphatic rings. The second-order valence-electron chi connectivity index (χ2n) is 6.92. The molecule has 1 aromatic rings. The van der Waals surface area contributed by atoms with E-state index in [1.54, 1.807) is 6.08 Å². The van der Waals surface area contributed by atoms with E-state index >= 15 is 0 Å². The number of benzene rings is 1. The van der Waals surface area contributed by atoms with Gasteiger partial charge in [-0.05, 0) is 35.8 Å². The lowest BCUT2D eigenvalue weighted by Crippen LogP contribution is -2.57. The zero-order valence-corrected chi connectivity index (χ0v) is 14.7. The van der Waals surface area contributed by atoms with Gasteiger partial charge in [-0.15, -0.1) is 0 Å². The van der Waals surface area contributed by atoms with Crippen molar-refractivity contribution in [1.29, 1.82) is 0 Å². The van der Waals surface area contributed by atoms with Crippen LogP contribution in [0.4, 0.5) is 13.2 Å². The Hall–Kier alpha value is -1.30. The van der Waals surface area contributed by atoms with Crippen molar-refractivity contribution in [1.82, 2.24) is 4.90 Å². The molecule has 6 heteroatoms. The highest BCUT2D eigenvalue weighted by atomic mass is 79.9. The van der Waals surface area contributed by atoms with Gasteiger partial charge in [0.2, 0.25) is 0 Å². The van der Waals surface area contributed by atoms with Crippen molar-refractivity contribution >= 4 is 27.9 Å². The summed E-state index contributed by atoms with van der Waals surface area (Å²) in [4.78, 5) is 12.7. The van der Waals surface area contributed by atoms with E-state index in [1.165, 1.54) is 0 Å². The number of amides is 1. The SMILES string of the molecule is CC1(C)C2=Cc3ccc(Br)cc3[C@]1(C)CCN2C(=O)C(F)(F)F. The van der Waals surface area contributed by atoms with Crippen LogP contribution in [0, 0.1) is 5.41 Å². The van der Waals surface area contributed by atoms with E-state index in [0.717, 1.165) is 20.5 Å². The van der Waals surface area contributed by atoms with Crippen LogP contribution in [0.15, 0.2) is 28.4 Å². The van der Waals surface area contributed by atoms with Crippen LogP contribution in [0.2, 0.25) is 0 Å². The fourth-order valence-electron chi connectivity index (χ4n) is 3.76. The highest BCUT2D eigenvalue weighted by Crippen LogP contribution is 2.57. The summed E-state index contributed by atoms with van der Waals surface area (Å²) in [5.41, 5.74) is 1.55. The Kier molecular flexibility index (Phi) is 3.49. The predicted molar refractivity (Wildman–Crippen MR) is 85.6 cm³/mol. The predicted octanol–water partition coefficient (Wildman–Crippen LogP) is 4.88. The molecule has 1 heterocycles.